The summed E-state index contributed by atoms with van der Waals surface area (Å²) in [6.45, 7) is 10.2. The molecular weight excluding hydrogens is 349 g/mol. The summed E-state index contributed by atoms with van der Waals surface area (Å²) in [7, 11) is 0. The number of nitrogens with two attached hydrogens (primary N) is 1. The molecule has 0 unspecified atom stereocenters. The average Bonchev–Trinajstić information content (AvgIpc) is 2.30. The molecular formula is C15H26IN3. The first kappa shape index (κ1) is 18.2. The summed E-state index contributed by atoms with van der Waals surface area (Å²) in [4.78, 5) is 4.28. The number of benzene rings is 1. The Kier molecular flexibility index (Phi) is 8.80. The molecule has 1 rings (SSSR count). The van der Waals surface area contributed by atoms with Gasteiger partial charge in [0.2, 0.25) is 0 Å². The van der Waals surface area contributed by atoms with Crippen LogP contribution in [0.25, 0.3) is 0 Å². The number of halogens is 1. The topological polar surface area (TPSA) is 50.4 Å². The monoisotopic (exact) mass is 375 g/mol. The van der Waals surface area contributed by atoms with E-state index in [-0.39, 0.29) is 24.0 Å². The van der Waals surface area contributed by atoms with Gasteiger partial charge in [-0.3, -0.25) is 4.99 Å². The quantitative estimate of drug-likeness (QED) is 0.472. The minimum atomic E-state index is 0. The minimum absolute atomic E-state index is 0. The van der Waals surface area contributed by atoms with Crippen LogP contribution in [0.2, 0.25) is 0 Å². The van der Waals surface area contributed by atoms with Gasteiger partial charge in [-0.05, 0) is 42.9 Å². The number of hydrogen-bond donors (Lipinski definition) is 2. The van der Waals surface area contributed by atoms with Crippen molar-refractivity contribution in [3.63, 3.8) is 0 Å². The summed E-state index contributed by atoms with van der Waals surface area (Å²) in [6.07, 6.45) is 0.983. The van der Waals surface area contributed by atoms with E-state index in [1.807, 2.05) is 0 Å². The molecule has 0 aliphatic carbocycles. The van der Waals surface area contributed by atoms with Crippen LogP contribution in [0.15, 0.2) is 23.2 Å². The molecule has 0 bridgehead atoms. The van der Waals surface area contributed by atoms with E-state index in [1.54, 1.807) is 0 Å². The second-order valence-corrected chi connectivity index (χ2v) is 5.17. The molecule has 0 amide bonds. The Hall–Kier alpha value is -0.780. The lowest BCUT2D eigenvalue weighted by Gasteiger charge is -2.11. The van der Waals surface area contributed by atoms with Gasteiger partial charge in [-0.2, -0.15) is 0 Å². The van der Waals surface area contributed by atoms with Crippen molar-refractivity contribution < 1.29 is 0 Å². The van der Waals surface area contributed by atoms with Crippen LogP contribution in [0.4, 0.5) is 0 Å². The lowest BCUT2D eigenvalue weighted by Crippen LogP contribution is -2.33. The van der Waals surface area contributed by atoms with Crippen molar-refractivity contribution in [2.75, 3.05) is 13.1 Å². The van der Waals surface area contributed by atoms with E-state index in [0.717, 1.165) is 19.5 Å². The average molecular weight is 375 g/mol. The standard InChI is InChI=1S/C15H25N3.HI/c1-11(2)10-18-15(16)17-9-8-14-12(3)6-5-7-13(14)4;/h5-7,11H,8-10H2,1-4H3,(H3,16,17,18);1H. The fraction of sp³-hybridized carbons (Fsp3) is 0.533. The fourth-order valence-electron chi connectivity index (χ4n) is 1.90. The Balaban J connectivity index is 0.00000324. The van der Waals surface area contributed by atoms with Crippen LogP contribution < -0.4 is 11.1 Å². The molecule has 4 heteroatoms. The summed E-state index contributed by atoms with van der Waals surface area (Å²) in [5.74, 6) is 1.10. The number of aliphatic imine (C=N–C) groups is 1. The van der Waals surface area contributed by atoms with E-state index in [1.165, 1.54) is 16.7 Å². The van der Waals surface area contributed by atoms with E-state index < -0.39 is 0 Å². The van der Waals surface area contributed by atoms with Crippen LogP contribution in [-0.2, 0) is 6.42 Å². The van der Waals surface area contributed by atoms with Gasteiger partial charge in [0.15, 0.2) is 5.96 Å². The van der Waals surface area contributed by atoms with E-state index in [2.05, 4.69) is 56.2 Å². The van der Waals surface area contributed by atoms with Crippen LogP contribution in [0.5, 0.6) is 0 Å². The largest absolute Gasteiger partial charge is 0.370 e. The van der Waals surface area contributed by atoms with Crippen molar-refractivity contribution in [2.45, 2.75) is 34.1 Å². The Bertz CT molecular complexity index is 394. The van der Waals surface area contributed by atoms with Crippen LogP contribution in [-0.4, -0.2) is 19.0 Å². The Morgan fingerprint density at radius 2 is 1.84 bits per heavy atom. The summed E-state index contributed by atoms with van der Waals surface area (Å²) in [5, 5.41) is 3.17. The van der Waals surface area contributed by atoms with Crippen LogP contribution in [0.3, 0.4) is 0 Å². The van der Waals surface area contributed by atoms with Crippen LogP contribution in [0, 0.1) is 19.8 Å². The molecule has 0 fully saturated rings. The fourth-order valence-corrected chi connectivity index (χ4v) is 1.90. The van der Waals surface area contributed by atoms with Crippen molar-refractivity contribution in [1.29, 1.82) is 0 Å². The van der Waals surface area contributed by atoms with E-state index in [0.29, 0.717) is 11.9 Å². The van der Waals surface area contributed by atoms with Crippen molar-refractivity contribution in [2.24, 2.45) is 16.6 Å². The number of nitrogens with one attached hydrogen (secondary N) is 1. The highest BCUT2D eigenvalue weighted by Gasteiger charge is 2.02. The Morgan fingerprint density at radius 1 is 1.26 bits per heavy atom. The van der Waals surface area contributed by atoms with E-state index in [4.69, 9.17) is 5.73 Å². The van der Waals surface area contributed by atoms with Gasteiger partial charge in [-0.15, -0.1) is 24.0 Å². The molecule has 0 saturated carbocycles. The summed E-state index contributed by atoms with van der Waals surface area (Å²) >= 11 is 0. The van der Waals surface area contributed by atoms with E-state index >= 15 is 0 Å². The zero-order chi connectivity index (χ0) is 13.5. The van der Waals surface area contributed by atoms with Gasteiger partial charge in [0.25, 0.3) is 0 Å². The van der Waals surface area contributed by atoms with E-state index in [9.17, 15) is 0 Å². The first-order chi connectivity index (χ1) is 8.50. The summed E-state index contributed by atoms with van der Waals surface area (Å²) < 4.78 is 0. The van der Waals surface area contributed by atoms with Crippen LogP contribution in [0.1, 0.15) is 30.5 Å². The van der Waals surface area contributed by atoms with Gasteiger partial charge < -0.3 is 11.1 Å². The third-order valence-electron chi connectivity index (χ3n) is 2.95. The molecule has 1 aromatic carbocycles. The molecule has 0 radical (unpaired) electrons. The first-order valence-electron chi connectivity index (χ1n) is 6.59. The Morgan fingerprint density at radius 3 is 2.37 bits per heavy atom. The number of hydrogen-bond acceptors (Lipinski definition) is 1. The molecule has 0 aliphatic rings. The van der Waals surface area contributed by atoms with Crippen molar-refractivity contribution >= 4 is 29.9 Å². The van der Waals surface area contributed by atoms with Gasteiger partial charge in [-0.1, -0.05) is 32.0 Å². The third kappa shape index (κ3) is 6.80. The van der Waals surface area contributed by atoms with Gasteiger partial charge in [0, 0.05) is 13.1 Å². The molecule has 0 aliphatic heterocycles. The van der Waals surface area contributed by atoms with Crippen LogP contribution >= 0.6 is 24.0 Å². The summed E-state index contributed by atoms with van der Waals surface area (Å²) in [5.41, 5.74) is 9.89. The van der Waals surface area contributed by atoms with Gasteiger partial charge in [-0.25, -0.2) is 0 Å². The van der Waals surface area contributed by atoms with Gasteiger partial charge in [0.1, 0.15) is 0 Å². The SMILES string of the molecule is Cc1cccc(C)c1CCNC(N)=NCC(C)C.I. The highest BCUT2D eigenvalue weighted by Crippen LogP contribution is 2.13. The lowest BCUT2D eigenvalue weighted by molar-refractivity contribution is 0.661. The van der Waals surface area contributed by atoms with Crippen molar-refractivity contribution in [3.8, 4) is 0 Å². The number of nitrogens with zero attached hydrogens (tertiary/aromatic N) is 1. The second kappa shape index (κ2) is 9.18. The van der Waals surface area contributed by atoms with Gasteiger partial charge >= 0.3 is 0 Å². The normalized spacial score (nSPS) is 11.3. The maximum absolute atomic E-state index is 5.80. The number of rotatable bonds is 5. The molecule has 0 heterocycles. The van der Waals surface area contributed by atoms with Crippen molar-refractivity contribution in [3.05, 3.63) is 34.9 Å². The molecule has 19 heavy (non-hydrogen) atoms. The molecule has 3 N–H and O–H groups in total. The lowest BCUT2D eigenvalue weighted by atomic mass is 10.0. The second-order valence-electron chi connectivity index (χ2n) is 5.17. The number of aryl methyl sites for hydroxylation is 2. The molecule has 0 aromatic heterocycles. The molecule has 0 saturated heterocycles. The zero-order valence-corrected chi connectivity index (χ0v) is 14.7. The predicted molar refractivity (Wildman–Crippen MR) is 94.4 cm³/mol. The molecule has 108 valence electrons. The molecule has 0 atom stereocenters. The van der Waals surface area contributed by atoms with Gasteiger partial charge in [0.05, 0.1) is 0 Å². The minimum Gasteiger partial charge on any atom is -0.370 e. The molecule has 0 spiro atoms. The smallest absolute Gasteiger partial charge is 0.188 e. The predicted octanol–water partition coefficient (Wildman–Crippen LogP) is 3.02. The molecule has 3 nitrogen and oxygen atoms in total. The Labute approximate surface area is 134 Å². The highest BCUT2D eigenvalue weighted by atomic mass is 127. The third-order valence-corrected chi connectivity index (χ3v) is 2.95. The molecule has 1 aromatic rings. The number of guanidine groups is 1. The van der Waals surface area contributed by atoms with Crippen molar-refractivity contribution in [1.82, 2.24) is 5.32 Å². The maximum Gasteiger partial charge on any atom is 0.188 e. The zero-order valence-electron chi connectivity index (χ0n) is 12.4. The summed E-state index contributed by atoms with van der Waals surface area (Å²) in [6, 6.07) is 6.40. The first-order valence-corrected chi connectivity index (χ1v) is 6.59. The maximum atomic E-state index is 5.80. The highest BCUT2D eigenvalue weighted by molar-refractivity contribution is 14.0.